The average molecular weight is 534 g/mol. The van der Waals surface area contributed by atoms with Crippen molar-refractivity contribution in [2.45, 2.75) is 94.8 Å². The molecule has 9 unspecified atom stereocenters. The molecule has 186 valence electrons. The minimum atomic E-state index is -0.891. The predicted octanol–water partition coefficient (Wildman–Crippen LogP) is 5.67. The molecule has 0 bridgehead atoms. The van der Waals surface area contributed by atoms with Gasteiger partial charge in [-0.2, -0.15) is 0 Å². The van der Waals surface area contributed by atoms with Crippen LogP contribution in [0.5, 0.6) is 0 Å². The van der Waals surface area contributed by atoms with Crippen molar-refractivity contribution in [2.75, 3.05) is 0 Å². The number of carbonyl (C=O) groups is 2. The normalized spacial score (nSPS) is 45.4. The van der Waals surface area contributed by atoms with Crippen molar-refractivity contribution in [3.8, 4) is 0 Å². The molecule has 9 atom stereocenters. The van der Waals surface area contributed by atoms with E-state index in [2.05, 4.69) is 29.8 Å². The number of carbonyl (C=O) groups excluding carboxylic acids is 2. The second-order valence-electron chi connectivity index (χ2n) is 11.8. The van der Waals surface area contributed by atoms with Crippen LogP contribution in [-0.4, -0.2) is 39.7 Å². The number of rotatable bonds is 3. The number of halogens is 1. The minimum absolute atomic E-state index is 0.0287. The third-order valence-electron chi connectivity index (χ3n) is 10.3. The first kappa shape index (κ1) is 24.3. The van der Waals surface area contributed by atoms with Gasteiger partial charge >= 0.3 is 11.9 Å². The highest BCUT2D eigenvalue weighted by molar-refractivity contribution is 9.09. The lowest BCUT2D eigenvalue weighted by molar-refractivity contribution is -0.220. The largest absolute Gasteiger partial charge is 0.462 e. The van der Waals surface area contributed by atoms with Crippen LogP contribution in [0.3, 0.4) is 0 Å². The fourth-order valence-electron chi connectivity index (χ4n) is 8.45. The maximum absolute atomic E-state index is 12.8. The molecule has 0 aliphatic heterocycles. The lowest BCUT2D eigenvalue weighted by atomic mass is 9.43. The molecular weight excluding hydrogens is 496 g/mol. The van der Waals surface area contributed by atoms with Crippen LogP contribution in [0.1, 0.15) is 82.5 Å². The Kier molecular flexibility index (Phi) is 6.16. The lowest BCUT2D eigenvalue weighted by Crippen LogP contribution is -2.67. The molecule has 4 saturated carbocycles. The molecular formula is C28H37BrO5. The van der Waals surface area contributed by atoms with E-state index < -0.39 is 5.60 Å². The second-order valence-corrected chi connectivity index (χ2v) is 12.9. The van der Waals surface area contributed by atoms with Crippen LogP contribution in [0.2, 0.25) is 0 Å². The maximum atomic E-state index is 12.8. The van der Waals surface area contributed by atoms with Crippen LogP contribution in [0, 0.1) is 28.6 Å². The van der Waals surface area contributed by atoms with Crippen LogP contribution in [0.15, 0.2) is 30.3 Å². The Labute approximate surface area is 211 Å². The number of esters is 2. The molecule has 0 aromatic heterocycles. The molecule has 4 aliphatic rings. The van der Waals surface area contributed by atoms with Crippen molar-refractivity contribution in [3.63, 3.8) is 0 Å². The van der Waals surface area contributed by atoms with E-state index in [-0.39, 0.29) is 39.8 Å². The average Bonchev–Trinajstić information content (AvgIpc) is 3.12. The molecule has 0 radical (unpaired) electrons. The van der Waals surface area contributed by atoms with Gasteiger partial charge in [-0.1, -0.05) is 48.0 Å². The van der Waals surface area contributed by atoms with Crippen LogP contribution in [0.4, 0.5) is 0 Å². The number of hydrogen-bond acceptors (Lipinski definition) is 5. The van der Waals surface area contributed by atoms with Crippen molar-refractivity contribution in [2.24, 2.45) is 28.6 Å². The first-order valence-electron chi connectivity index (χ1n) is 12.9. The molecule has 5 rings (SSSR count). The molecule has 1 aromatic rings. The van der Waals surface area contributed by atoms with Gasteiger partial charge in [0.25, 0.3) is 0 Å². The zero-order chi connectivity index (χ0) is 24.3. The first-order chi connectivity index (χ1) is 16.1. The van der Waals surface area contributed by atoms with E-state index in [9.17, 15) is 14.7 Å². The summed E-state index contributed by atoms with van der Waals surface area (Å²) in [5.41, 5.74) is -0.526. The highest BCUT2D eigenvalue weighted by atomic mass is 79.9. The number of aliphatic hydroxyl groups is 1. The van der Waals surface area contributed by atoms with Crippen molar-refractivity contribution in [1.82, 2.24) is 0 Å². The summed E-state index contributed by atoms with van der Waals surface area (Å²) in [5, 5.41) is 12.0. The van der Waals surface area contributed by atoms with Gasteiger partial charge < -0.3 is 14.6 Å². The summed E-state index contributed by atoms with van der Waals surface area (Å²) in [7, 11) is 0. The topological polar surface area (TPSA) is 72.8 Å². The number of hydrogen-bond donors (Lipinski definition) is 1. The Morgan fingerprint density at radius 3 is 2.44 bits per heavy atom. The number of ether oxygens (including phenoxy) is 2. The molecule has 4 fully saturated rings. The molecule has 6 heteroatoms. The highest BCUT2D eigenvalue weighted by Gasteiger charge is 2.67. The van der Waals surface area contributed by atoms with Gasteiger partial charge in [-0.05, 0) is 74.8 Å². The molecule has 0 saturated heterocycles. The van der Waals surface area contributed by atoms with E-state index in [4.69, 9.17) is 9.47 Å². The fraction of sp³-hybridized carbons (Fsp3) is 0.714. The standard InChI is InChI=1S/C28H37BrO5/c1-17(30)33-19-11-14-27(3)22-12-13-26(2)21(20(22)15-23(29)28(27,32)16-19)9-10-24(26)34-25(31)18-7-5-4-6-8-18/h4-8,19-24,32H,9-16H2,1-3H3. The van der Waals surface area contributed by atoms with Crippen molar-refractivity contribution < 1.29 is 24.2 Å². The SMILES string of the molecule is CC(=O)OC1CCC2(C)C3CCC4(C)C(OC(=O)c5ccccc5)CCC4C3CC(Br)C2(O)C1. The summed E-state index contributed by atoms with van der Waals surface area (Å²) < 4.78 is 11.7. The van der Waals surface area contributed by atoms with E-state index in [1.54, 1.807) is 0 Å². The van der Waals surface area contributed by atoms with Crippen LogP contribution >= 0.6 is 15.9 Å². The molecule has 4 aliphatic carbocycles. The Bertz CT molecular complexity index is 951. The zero-order valence-corrected chi connectivity index (χ0v) is 22.1. The van der Waals surface area contributed by atoms with Crippen LogP contribution in [0.25, 0.3) is 0 Å². The quantitative estimate of drug-likeness (QED) is 0.400. The Morgan fingerprint density at radius 1 is 1.00 bits per heavy atom. The Balaban J connectivity index is 1.36. The van der Waals surface area contributed by atoms with Gasteiger partial charge in [-0.3, -0.25) is 4.79 Å². The summed E-state index contributed by atoms with van der Waals surface area (Å²) in [5.74, 6) is 0.895. The highest BCUT2D eigenvalue weighted by Crippen LogP contribution is 2.68. The molecule has 1 N–H and O–H groups in total. The summed E-state index contributed by atoms with van der Waals surface area (Å²) in [4.78, 5) is 24.4. The number of fused-ring (bicyclic) bond motifs is 5. The predicted molar refractivity (Wildman–Crippen MR) is 132 cm³/mol. The second kappa shape index (κ2) is 8.62. The molecule has 0 spiro atoms. The third-order valence-corrected chi connectivity index (χ3v) is 11.4. The molecule has 0 amide bonds. The van der Waals surface area contributed by atoms with Crippen molar-refractivity contribution in [3.05, 3.63) is 35.9 Å². The molecule has 34 heavy (non-hydrogen) atoms. The third kappa shape index (κ3) is 3.66. The monoisotopic (exact) mass is 532 g/mol. The molecule has 0 heterocycles. The lowest BCUT2D eigenvalue weighted by Gasteiger charge is -2.65. The number of benzene rings is 1. The van der Waals surface area contributed by atoms with Crippen LogP contribution in [-0.2, 0) is 14.3 Å². The van der Waals surface area contributed by atoms with E-state index in [1.807, 2.05) is 30.3 Å². The Hall–Kier alpha value is -1.40. The van der Waals surface area contributed by atoms with E-state index in [0.717, 1.165) is 44.9 Å². The van der Waals surface area contributed by atoms with Crippen LogP contribution < -0.4 is 0 Å². The maximum Gasteiger partial charge on any atom is 0.338 e. The van der Waals surface area contributed by atoms with Gasteiger partial charge in [0.15, 0.2) is 0 Å². The summed E-state index contributed by atoms with van der Waals surface area (Å²) in [6.07, 6.45) is 6.82. The minimum Gasteiger partial charge on any atom is -0.462 e. The van der Waals surface area contributed by atoms with Gasteiger partial charge in [0.2, 0.25) is 0 Å². The van der Waals surface area contributed by atoms with E-state index in [0.29, 0.717) is 29.7 Å². The molecule has 1 aromatic carbocycles. The van der Waals surface area contributed by atoms with Gasteiger partial charge in [0, 0.05) is 29.0 Å². The van der Waals surface area contributed by atoms with Crippen molar-refractivity contribution >= 4 is 27.9 Å². The van der Waals surface area contributed by atoms with E-state index in [1.165, 1.54) is 6.92 Å². The summed E-state index contributed by atoms with van der Waals surface area (Å²) >= 11 is 3.90. The summed E-state index contributed by atoms with van der Waals surface area (Å²) in [6.45, 7) is 6.05. The van der Waals surface area contributed by atoms with Gasteiger partial charge in [0.1, 0.15) is 12.2 Å². The molecule has 5 nitrogen and oxygen atoms in total. The Morgan fingerprint density at radius 2 is 1.74 bits per heavy atom. The van der Waals surface area contributed by atoms with Gasteiger partial charge in [-0.25, -0.2) is 4.79 Å². The van der Waals surface area contributed by atoms with Gasteiger partial charge in [0.05, 0.1) is 11.2 Å². The van der Waals surface area contributed by atoms with Crippen molar-refractivity contribution in [1.29, 1.82) is 0 Å². The fourth-order valence-corrected chi connectivity index (χ4v) is 9.59. The first-order valence-corrected chi connectivity index (χ1v) is 13.8. The zero-order valence-electron chi connectivity index (χ0n) is 20.5. The summed E-state index contributed by atoms with van der Waals surface area (Å²) in [6, 6.07) is 9.29. The number of alkyl halides is 1. The van der Waals surface area contributed by atoms with E-state index >= 15 is 0 Å². The van der Waals surface area contributed by atoms with Gasteiger partial charge in [-0.15, -0.1) is 0 Å². The smallest absolute Gasteiger partial charge is 0.338 e.